The Bertz CT molecular complexity index is 827. The van der Waals surface area contributed by atoms with Gasteiger partial charge in [-0.1, -0.05) is 17.7 Å². The van der Waals surface area contributed by atoms with Crippen molar-refractivity contribution in [2.45, 2.75) is 19.2 Å². The number of rotatable bonds is 2. The number of aromatic nitrogens is 3. The van der Waals surface area contributed by atoms with Crippen molar-refractivity contribution >= 4 is 50.3 Å². The van der Waals surface area contributed by atoms with Crippen molar-refractivity contribution in [3.8, 4) is 5.69 Å². The molecule has 0 aliphatic heterocycles. The van der Waals surface area contributed by atoms with Crippen LogP contribution in [-0.4, -0.2) is 14.5 Å². The first-order valence-electron chi connectivity index (χ1n) is 6.43. The highest BCUT2D eigenvalue weighted by Crippen LogP contribution is 2.34. The van der Waals surface area contributed by atoms with Gasteiger partial charge in [0.05, 0.1) is 20.6 Å². The molecule has 0 N–H and O–H groups in total. The van der Waals surface area contributed by atoms with Crippen LogP contribution in [0.1, 0.15) is 23.8 Å². The van der Waals surface area contributed by atoms with Gasteiger partial charge in [-0.05, 0) is 54.0 Å². The first kappa shape index (κ1) is 14.8. The summed E-state index contributed by atoms with van der Waals surface area (Å²) in [6.45, 7) is 3.85. The maximum Gasteiger partial charge on any atom is 0.165 e. The minimum absolute atomic E-state index is 0.245. The Morgan fingerprint density at radius 3 is 2.67 bits per heavy atom. The molecule has 0 spiro atoms. The fourth-order valence-electron chi connectivity index (χ4n) is 2.24. The molecule has 0 aliphatic carbocycles. The van der Waals surface area contributed by atoms with E-state index in [4.69, 9.17) is 23.2 Å². The molecule has 2 aromatic heterocycles. The third kappa shape index (κ3) is 2.56. The molecule has 0 fully saturated rings. The van der Waals surface area contributed by atoms with Crippen LogP contribution in [0.3, 0.4) is 0 Å². The Balaban J connectivity index is 2.41. The topological polar surface area (TPSA) is 30.7 Å². The van der Waals surface area contributed by atoms with Crippen molar-refractivity contribution in [1.82, 2.24) is 14.5 Å². The highest BCUT2D eigenvalue weighted by molar-refractivity contribution is 9.10. The number of nitrogens with zero attached hydrogens (tertiary/aromatic N) is 3. The summed E-state index contributed by atoms with van der Waals surface area (Å²) in [6.07, 6.45) is 0. The lowest BCUT2D eigenvalue weighted by atomic mass is 10.3. The average molecular weight is 385 g/mol. The Morgan fingerprint density at radius 1 is 1.19 bits per heavy atom. The summed E-state index contributed by atoms with van der Waals surface area (Å²) in [5.74, 6) is 0.743. The van der Waals surface area contributed by atoms with Crippen LogP contribution in [0.15, 0.2) is 34.8 Å². The van der Waals surface area contributed by atoms with E-state index in [2.05, 4.69) is 25.9 Å². The fraction of sp³-hybridized carbons (Fsp3) is 0.200. The van der Waals surface area contributed by atoms with Crippen molar-refractivity contribution in [3.05, 3.63) is 51.3 Å². The molecule has 21 heavy (non-hydrogen) atoms. The molecular weight excluding hydrogens is 373 g/mol. The average Bonchev–Trinajstić information content (AvgIpc) is 2.80. The number of fused-ring (bicyclic) bond motifs is 1. The van der Waals surface area contributed by atoms with Gasteiger partial charge in [0, 0.05) is 5.69 Å². The Kier molecular flexibility index (Phi) is 3.95. The van der Waals surface area contributed by atoms with E-state index < -0.39 is 0 Å². The van der Waals surface area contributed by atoms with Gasteiger partial charge in [0.15, 0.2) is 5.65 Å². The molecule has 1 atom stereocenters. The van der Waals surface area contributed by atoms with E-state index in [0.29, 0.717) is 5.02 Å². The van der Waals surface area contributed by atoms with Crippen LogP contribution in [0.4, 0.5) is 0 Å². The first-order chi connectivity index (χ1) is 9.99. The molecule has 1 aromatic carbocycles. The van der Waals surface area contributed by atoms with Gasteiger partial charge in [0.2, 0.25) is 0 Å². The lowest BCUT2D eigenvalue weighted by molar-refractivity contribution is 0.873. The lowest BCUT2D eigenvalue weighted by Crippen LogP contribution is -2.04. The molecule has 0 bridgehead atoms. The highest BCUT2D eigenvalue weighted by atomic mass is 79.9. The lowest BCUT2D eigenvalue weighted by Gasteiger charge is -2.12. The second-order valence-electron chi connectivity index (χ2n) is 4.79. The van der Waals surface area contributed by atoms with Crippen molar-refractivity contribution in [3.63, 3.8) is 0 Å². The Morgan fingerprint density at radius 2 is 1.95 bits per heavy atom. The molecule has 1 unspecified atom stereocenters. The highest BCUT2D eigenvalue weighted by Gasteiger charge is 2.19. The van der Waals surface area contributed by atoms with Gasteiger partial charge < -0.3 is 0 Å². The Hall–Kier alpha value is -1.10. The summed E-state index contributed by atoms with van der Waals surface area (Å²) in [4.78, 5) is 9.21. The molecule has 0 saturated carbocycles. The number of halogens is 3. The predicted octanol–water partition coefficient (Wildman–Crippen LogP) is 5.44. The summed E-state index contributed by atoms with van der Waals surface area (Å²) in [7, 11) is 0. The van der Waals surface area contributed by atoms with Crippen LogP contribution < -0.4 is 0 Å². The molecule has 3 aromatic rings. The van der Waals surface area contributed by atoms with Crippen LogP contribution in [0.5, 0.6) is 0 Å². The van der Waals surface area contributed by atoms with Crippen LogP contribution in [0.2, 0.25) is 5.02 Å². The van der Waals surface area contributed by atoms with Gasteiger partial charge in [-0.25, -0.2) is 9.97 Å². The fourth-order valence-corrected chi connectivity index (χ4v) is 3.00. The smallest absolute Gasteiger partial charge is 0.165 e. The number of hydrogen-bond donors (Lipinski definition) is 0. The predicted molar refractivity (Wildman–Crippen MR) is 90.6 cm³/mol. The van der Waals surface area contributed by atoms with E-state index in [1.807, 2.05) is 48.7 Å². The standard InChI is InChI=1S/C15H12BrCl2N3/c1-8-6-7-11-15(19-8)21(14(20-11)9(2)17)12-5-3-4-10(18)13(12)16/h3-7,9H,1-2H3. The molecule has 0 saturated heterocycles. The maximum atomic E-state index is 6.30. The SMILES string of the molecule is Cc1ccc2nc(C(C)Cl)n(-c3cccc(Cl)c3Br)c2n1. The molecule has 108 valence electrons. The van der Waals surface area contributed by atoms with Gasteiger partial charge in [0.1, 0.15) is 11.3 Å². The Labute approximate surface area is 141 Å². The van der Waals surface area contributed by atoms with E-state index in [1.54, 1.807) is 0 Å². The number of benzene rings is 1. The summed E-state index contributed by atoms with van der Waals surface area (Å²) in [5, 5.41) is 0.389. The molecule has 3 rings (SSSR count). The molecule has 0 amide bonds. The summed E-state index contributed by atoms with van der Waals surface area (Å²) < 4.78 is 2.75. The van der Waals surface area contributed by atoms with Crippen LogP contribution in [0.25, 0.3) is 16.9 Å². The van der Waals surface area contributed by atoms with Gasteiger partial charge in [-0.2, -0.15) is 0 Å². The largest absolute Gasteiger partial charge is 0.278 e. The maximum absolute atomic E-state index is 6.30. The third-order valence-corrected chi connectivity index (χ3v) is 4.77. The van der Waals surface area contributed by atoms with Gasteiger partial charge in [0.25, 0.3) is 0 Å². The van der Waals surface area contributed by atoms with Crippen molar-refractivity contribution in [1.29, 1.82) is 0 Å². The summed E-state index contributed by atoms with van der Waals surface area (Å²) in [5.41, 5.74) is 3.40. The van der Waals surface area contributed by atoms with E-state index in [9.17, 15) is 0 Å². The number of pyridine rings is 1. The van der Waals surface area contributed by atoms with Crippen molar-refractivity contribution in [2.75, 3.05) is 0 Å². The minimum atomic E-state index is -0.245. The van der Waals surface area contributed by atoms with Gasteiger partial charge in [-0.3, -0.25) is 4.57 Å². The van der Waals surface area contributed by atoms with E-state index >= 15 is 0 Å². The van der Waals surface area contributed by atoms with Crippen LogP contribution >= 0.6 is 39.1 Å². The van der Waals surface area contributed by atoms with E-state index in [-0.39, 0.29) is 5.38 Å². The normalized spacial score (nSPS) is 12.8. The number of aryl methyl sites for hydroxylation is 1. The molecule has 6 heteroatoms. The first-order valence-corrected chi connectivity index (χ1v) is 8.04. The monoisotopic (exact) mass is 383 g/mol. The van der Waals surface area contributed by atoms with E-state index in [0.717, 1.165) is 32.8 Å². The van der Waals surface area contributed by atoms with Gasteiger partial charge in [-0.15, -0.1) is 11.6 Å². The molecule has 3 nitrogen and oxygen atoms in total. The van der Waals surface area contributed by atoms with Gasteiger partial charge >= 0.3 is 0 Å². The molecule has 0 radical (unpaired) electrons. The van der Waals surface area contributed by atoms with Crippen LogP contribution in [0, 0.1) is 6.92 Å². The third-order valence-electron chi connectivity index (χ3n) is 3.20. The second kappa shape index (κ2) is 5.59. The summed E-state index contributed by atoms with van der Waals surface area (Å²) >= 11 is 16.1. The zero-order chi connectivity index (χ0) is 15.1. The zero-order valence-corrected chi connectivity index (χ0v) is 14.5. The van der Waals surface area contributed by atoms with Crippen molar-refractivity contribution in [2.24, 2.45) is 0 Å². The zero-order valence-electron chi connectivity index (χ0n) is 11.4. The van der Waals surface area contributed by atoms with Crippen molar-refractivity contribution < 1.29 is 0 Å². The summed E-state index contributed by atoms with van der Waals surface area (Å²) in [6, 6.07) is 9.58. The minimum Gasteiger partial charge on any atom is -0.278 e. The molecular formula is C15H12BrCl2N3. The number of imidazole rings is 1. The number of alkyl halides is 1. The quantitative estimate of drug-likeness (QED) is 0.550. The second-order valence-corrected chi connectivity index (χ2v) is 6.64. The molecule has 0 aliphatic rings. The molecule has 2 heterocycles. The number of hydrogen-bond acceptors (Lipinski definition) is 2. The van der Waals surface area contributed by atoms with Crippen LogP contribution in [-0.2, 0) is 0 Å². The van der Waals surface area contributed by atoms with E-state index in [1.165, 1.54) is 0 Å².